The highest BCUT2D eigenvalue weighted by Crippen LogP contribution is 2.15. The van der Waals surface area contributed by atoms with Gasteiger partial charge in [0.25, 0.3) is 0 Å². The third-order valence-electron chi connectivity index (χ3n) is 2.06. The van der Waals surface area contributed by atoms with E-state index in [2.05, 4.69) is 5.32 Å². The summed E-state index contributed by atoms with van der Waals surface area (Å²) in [5, 5.41) is 11.5. The third kappa shape index (κ3) is 1.48. The van der Waals surface area contributed by atoms with E-state index in [1.54, 1.807) is 0 Å². The molecule has 2 N–H and O–H groups in total. The smallest absolute Gasteiger partial charge is 0.220 e. The van der Waals surface area contributed by atoms with Crippen molar-refractivity contribution in [3.8, 4) is 0 Å². The maximum Gasteiger partial charge on any atom is 0.220 e. The average Bonchev–Trinajstić information content (AvgIpc) is 1.94. The van der Waals surface area contributed by atoms with Crippen LogP contribution in [0.1, 0.15) is 19.8 Å². The van der Waals surface area contributed by atoms with Gasteiger partial charge in [-0.05, 0) is 12.3 Å². The van der Waals surface area contributed by atoms with Crippen molar-refractivity contribution in [1.82, 2.24) is 5.32 Å². The maximum absolute atomic E-state index is 10.8. The van der Waals surface area contributed by atoms with Crippen LogP contribution in [0.15, 0.2) is 0 Å². The maximum atomic E-state index is 10.8. The van der Waals surface area contributed by atoms with E-state index < -0.39 is 0 Å². The van der Waals surface area contributed by atoms with Gasteiger partial charge in [0.05, 0.1) is 12.6 Å². The summed E-state index contributed by atoms with van der Waals surface area (Å²) in [5.41, 5.74) is 0. The number of carbonyl (C=O) groups excluding carboxylic acids is 1. The lowest BCUT2D eigenvalue weighted by Crippen LogP contribution is -2.45. The van der Waals surface area contributed by atoms with E-state index in [1.165, 1.54) is 0 Å². The number of piperidine rings is 1. The molecule has 58 valence electrons. The Kier molecular flexibility index (Phi) is 2.27. The van der Waals surface area contributed by atoms with E-state index in [0.717, 1.165) is 6.42 Å². The summed E-state index contributed by atoms with van der Waals surface area (Å²) in [4.78, 5) is 10.8. The van der Waals surface area contributed by atoms with Gasteiger partial charge in [-0.2, -0.15) is 0 Å². The molecule has 1 saturated heterocycles. The molecule has 10 heavy (non-hydrogen) atoms. The quantitative estimate of drug-likeness (QED) is 0.538. The van der Waals surface area contributed by atoms with E-state index >= 15 is 0 Å². The molecule has 3 nitrogen and oxygen atoms in total. The highest BCUT2D eigenvalue weighted by molar-refractivity contribution is 5.77. The molecule has 2 atom stereocenters. The van der Waals surface area contributed by atoms with E-state index in [1.807, 2.05) is 6.92 Å². The molecule has 0 saturated carbocycles. The zero-order valence-corrected chi connectivity index (χ0v) is 6.13. The first-order chi connectivity index (χ1) is 4.74. The molecule has 0 aromatic carbocycles. The summed E-state index contributed by atoms with van der Waals surface area (Å²) in [6, 6.07) is -0.0127. The number of nitrogens with one attached hydrogen (secondary N) is 1. The molecule has 0 spiro atoms. The lowest BCUT2D eigenvalue weighted by molar-refractivity contribution is -0.124. The zero-order chi connectivity index (χ0) is 7.56. The molecule has 0 aromatic heterocycles. The number of rotatable bonds is 1. The van der Waals surface area contributed by atoms with Crippen LogP contribution in [0.3, 0.4) is 0 Å². The third-order valence-corrected chi connectivity index (χ3v) is 2.06. The summed E-state index contributed by atoms with van der Waals surface area (Å²) < 4.78 is 0. The Morgan fingerprint density at radius 2 is 2.50 bits per heavy atom. The molecule has 0 aromatic rings. The molecule has 1 aliphatic rings. The first kappa shape index (κ1) is 7.54. The van der Waals surface area contributed by atoms with E-state index in [0.29, 0.717) is 12.3 Å². The van der Waals surface area contributed by atoms with Crippen molar-refractivity contribution < 1.29 is 9.90 Å². The summed E-state index contributed by atoms with van der Waals surface area (Å²) in [5.74, 6) is 0.486. The summed E-state index contributed by atoms with van der Waals surface area (Å²) >= 11 is 0. The minimum atomic E-state index is -0.0127. The van der Waals surface area contributed by atoms with Crippen molar-refractivity contribution >= 4 is 5.91 Å². The highest BCUT2D eigenvalue weighted by Gasteiger charge is 2.23. The minimum Gasteiger partial charge on any atom is -0.394 e. The summed E-state index contributed by atoms with van der Waals surface area (Å²) in [6.45, 7) is 2.10. The second-order valence-electron chi connectivity index (χ2n) is 2.87. The van der Waals surface area contributed by atoms with Crippen molar-refractivity contribution in [2.75, 3.05) is 6.61 Å². The highest BCUT2D eigenvalue weighted by atomic mass is 16.3. The van der Waals surface area contributed by atoms with Crippen molar-refractivity contribution in [2.24, 2.45) is 5.92 Å². The molecule has 0 aliphatic carbocycles. The van der Waals surface area contributed by atoms with Crippen molar-refractivity contribution in [1.29, 1.82) is 0 Å². The van der Waals surface area contributed by atoms with E-state index in [4.69, 9.17) is 5.11 Å². The fourth-order valence-electron chi connectivity index (χ4n) is 1.21. The monoisotopic (exact) mass is 143 g/mol. The molecular formula is C7H13NO2. The van der Waals surface area contributed by atoms with Crippen LogP contribution in [-0.2, 0) is 4.79 Å². The van der Waals surface area contributed by atoms with Gasteiger partial charge in [-0.1, -0.05) is 6.92 Å². The minimum absolute atomic E-state index is 0.0127. The molecule has 0 unspecified atom stereocenters. The summed E-state index contributed by atoms with van der Waals surface area (Å²) in [6.07, 6.45) is 1.51. The summed E-state index contributed by atoms with van der Waals surface area (Å²) in [7, 11) is 0. The number of aliphatic hydroxyl groups excluding tert-OH is 1. The Labute approximate surface area is 60.4 Å². The van der Waals surface area contributed by atoms with Crippen molar-refractivity contribution in [2.45, 2.75) is 25.8 Å². The van der Waals surface area contributed by atoms with Crippen LogP contribution in [0.4, 0.5) is 0 Å². The Hall–Kier alpha value is -0.570. The topological polar surface area (TPSA) is 49.3 Å². The number of carbonyl (C=O) groups is 1. The molecule has 1 heterocycles. The van der Waals surface area contributed by atoms with Gasteiger partial charge >= 0.3 is 0 Å². The first-order valence-electron chi connectivity index (χ1n) is 3.64. The van der Waals surface area contributed by atoms with Crippen molar-refractivity contribution in [3.05, 3.63) is 0 Å². The second-order valence-corrected chi connectivity index (χ2v) is 2.87. The normalized spacial score (nSPS) is 33.6. The molecule has 1 aliphatic heterocycles. The van der Waals surface area contributed by atoms with E-state index in [9.17, 15) is 4.79 Å². The SMILES string of the molecule is C[C@H]1CCC(=O)N[C@H]1CO. The van der Waals surface area contributed by atoms with Crippen LogP contribution in [0.25, 0.3) is 0 Å². The predicted molar refractivity (Wildman–Crippen MR) is 37.4 cm³/mol. The molecule has 3 heteroatoms. The number of aliphatic hydroxyl groups is 1. The van der Waals surface area contributed by atoms with Crippen LogP contribution >= 0.6 is 0 Å². The van der Waals surface area contributed by atoms with Gasteiger partial charge in [0.2, 0.25) is 5.91 Å². The Morgan fingerprint density at radius 1 is 1.80 bits per heavy atom. The Balaban J connectivity index is 2.45. The standard InChI is InChI=1S/C7H13NO2/c1-5-2-3-7(10)8-6(5)4-9/h5-6,9H,2-4H2,1H3,(H,8,10)/t5-,6-/m0/s1. The lowest BCUT2D eigenvalue weighted by Gasteiger charge is -2.27. The predicted octanol–water partition coefficient (Wildman–Crippen LogP) is -0.107. The first-order valence-corrected chi connectivity index (χ1v) is 3.64. The lowest BCUT2D eigenvalue weighted by atomic mass is 9.93. The van der Waals surface area contributed by atoms with E-state index in [-0.39, 0.29) is 18.6 Å². The van der Waals surface area contributed by atoms with Gasteiger partial charge in [0.15, 0.2) is 0 Å². The Bertz CT molecular complexity index is 136. The van der Waals surface area contributed by atoms with Crippen molar-refractivity contribution in [3.63, 3.8) is 0 Å². The fourth-order valence-corrected chi connectivity index (χ4v) is 1.21. The average molecular weight is 143 g/mol. The number of hydrogen-bond acceptors (Lipinski definition) is 2. The second kappa shape index (κ2) is 3.01. The van der Waals surface area contributed by atoms with Gasteiger partial charge in [0, 0.05) is 6.42 Å². The number of hydrogen-bond donors (Lipinski definition) is 2. The largest absolute Gasteiger partial charge is 0.394 e. The van der Waals surface area contributed by atoms with Gasteiger partial charge < -0.3 is 10.4 Å². The van der Waals surface area contributed by atoms with Gasteiger partial charge in [0.1, 0.15) is 0 Å². The molecule has 1 rings (SSSR count). The van der Waals surface area contributed by atoms with Crippen LogP contribution < -0.4 is 5.32 Å². The van der Waals surface area contributed by atoms with Gasteiger partial charge in [-0.3, -0.25) is 4.79 Å². The van der Waals surface area contributed by atoms with Gasteiger partial charge in [-0.15, -0.1) is 0 Å². The Morgan fingerprint density at radius 3 is 3.00 bits per heavy atom. The molecular weight excluding hydrogens is 130 g/mol. The zero-order valence-electron chi connectivity index (χ0n) is 6.13. The fraction of sp³-hybridized carbons (Fsp3) is 0.857. The van der Waals surface area contributed by atoms with Crippen LogP contribution in [0, 0.1) is 5.92 Å². The van der Waals surface area contributed by atoms with Crippen LogP contribution in [0.2, 0.25) is 0 Å². The van der Waals surface area contributed by atoms with Crippen LogP contribution in [-0.4, -0.2) is 23.7 Å². The van der Waals surface area contributed by atoms with Gasteiger partial charge in [-0.25, -0.2) is 0 Å². The molecule has 0 radical (unpaired) electrons. The van der Waals surface area contributed by atoms with Crippen LogP contribution in [0.5, 0.6) is 0 Å². The molecule has 1 fully saturated rings. The molecule has 1 amide bonds. The molecule has 0 bridgehead atoms. The number of amides is 1.